The first-order valence-corrected chi connectivity index (χ1v) is 11.2. The van der Waals surface area contributed by atoms with Gasteiger partial charge in [0.2, 0.25) is 12.1 Å². The maximum Gasteiger partial charge on any atom is 0.295 e. The molecule has 176 valence electrons. The molecule has 1 N–H and O–H groups in total. The van der Waals surface area contributed by atoms with Crippen molar-refractivity contribution in [2.24, 2.45) is 0 Å². The van der Waals surface area contributed by atoms with Gasteiger partial charge in [-0.05, 0) is 30.2 Å². The molecule has 2 heterocycles. The molecule has 0 spiro atoms. The number of carbonyl (C=O) groups excluding carboxylic acids is 2. The van der Waals surface area contributed by atoms with Gasteiger partial charge in [-0.1, -0.05) is 42.2 Å². The number of benzene rings is 2. The third-order valence-electron chi connectivity index (χ3n) is 5.79. The molecule has 2 aromatic carbocycles. The SMILES string of the molecule is CCOc1ccc(C2/C(=C(\[O-])c3ccccc3)C(=O)C(=O)N2CCC[n+]2cc[nH]c2)cc1OC. The number of methoxy groups -OCH3 is 1. The van der Waals surface area contributed by atoms with E-state index in [1.165, 1.54) is 12.0 Å². The third-order valence-corrected chi connectivity index (χ3v) is 5.79. The van der Waals surface area contributed by atoms with Crippen LogP contribution in [0.3, 0.4) is 0 Å². The Labute approximate surface area is 198 Å². The Bertz CT molecular complexity index is 1190. The summed E-state index contributed by atoms with van der Waals surface area (Å²) in [6.07, 6.45) is 6.13. The number of likely N-dealkylation sites (tertiary alicyclic amines) is 1. The van der Waals surface area contributed by atoms with Crippen molar-refractivity contribution in [1.82, 2.24) is 9.88 Å². The summed E-state index contributed by atoms with van der Waals surface area (Å²) in [5, 5.41) is 13.4. The highest BCUT2D eigenvalue weighted by atomic mass is 16.5. The van der Waals surface area contributed by atoms with Crippen LogP contribution in [0.15, 0.2) is 72.8 Å². The minimum absolute atomic E-state index is 0.0447. The first-order chi connectivity index (χ1) is 16.5. The molecular weight excluding hydrogens is 434 g/mol. The molecule has 0 radical (unpaired) electrons. The lowest BCUT2D eigenvalue weighted by atomic mass is 9.95. The largest absolute Gasteiger partial charge is 0.872 e. The van der Waals surface area contributed by atoms with Crippen LogP contribution in [0.2, 0.25) is 0 Å². The number of ketones is 1. The van der Waals surface area contributed by atoms with Gasteiger partial charge in [-0.25, -0.2) is 4.57 Å². The fraction of sp³-hybridized carbons (Fsp3) is 0.269. The first-order valence-electron chi connectivity index (χ1n) is 11.2. The van der Waals surface area contributed by atoms with Crippen LogP contribution in [0.4, 0.5) is 0 Å². The molecule has 34 heavy (non-hydrogen) atoms. The monoisotopic (exact) mass is 461 g/mol. The smallest absolute Gasteiger partial charge is 0.295 e. The molecule has 1 fully saturated rings. The van der Waals surface area contributed by atoms with Crippen LogP contribution >= 0.6 is 0 Å². The molecule has 1 unspecified atom stereocenters. The average molecular weight is 462 g/mol. The molecule has 1 amide bonds. The number of ether oxygens (including phenoxy) is 2. The Kier molecular flexibility index (Phi) is 6.96. The molecule has 1 aliphatic heterocycles. The standard InChI is InChI=1S/C26H27N3O5/c1-3-34-20-11-10-19(16-21(20)33-2)23-22(24(30)18-8-5-4-6-9-18)25(31)26(32)29(23)14-7-13-28-15-12-27-17-28/h4-6,8-12,15-17,23H,3,7,13-14H2,1-2H3,(H,30,31). The molecule has 8 heteroatoms. The number of aromatic amines is 1. The molecule has 8 nitrogen and oxygen atoms in total. The Hall–Kier alpha value is -4.07. The fourth-order valence-electron chi connectivity index (χ4n) is 4.20. The van der Waals surface area contributed by atoms with Crippen molar-refractivity contribution in [3.05, 3.63) is 84.0 Å². The van der Waals surface area contributed by atoms with Gasteiger partial charge in [0.1, 0.15) is 12.4 Å². The number of Topliss-reactive ketones (excluding diaryl/α,β-unsaturated/α-hetero) is 1. The van der Waals surface area contributed by atoms with E-state index in [2.05, 4.69) is 4.98 Å². The van der Waals surface area contributed by atoms with Crippen molar-refractivity contribution in [1.29, 1.82) is 0 Å². The molecule has 3 aromatic rings. The minimum atomic E-state index is -0.812. The summed E-state index contributed by atoms with van der Waals surface area (Å²) < 4.78 is 13.1. The molecule has 0 saturated carbocycles. The Morgan fingerprint density at radius 3 is 2.62 bits per heavy atom. The molecule has 1 aromatic heterocycles. The Morgan fingerprint density at radius 2 is 1.94 bits per heavy atom. The highest BCUT2D eigenvalue weighted by Crippen LogP contribution is 2.41. The zero-order valence-corrected chi connectivity index (χ0v) is 19.2. The molecule has 1 saturated heterocycles. The van der Waals surface area contributed by atoms with E-state index in [1.807, 2.05) is 30.2 Å². The predicted molar refractivity (Wildman–Crippen MR) is 123 cm³/mol. The second-order valence-corrected chi connectivity index (χ2v) is 7.89. The third kappa shape index (κ3) is 4.52. The van der Waals surface area contributed by atoms with Crippen LogP contribution in [0.5, 0.6) is 11.5 Å². The molecular formula is C26H27N3O5. The van der Waals surface area contributed by atoms with Gasteiger partial charge in [0, 0.05) is 18.5 Å². The van der Waals surface area contributed by atoms with Crippen LogP contribution in [-0.2, 0) is 16.1 Å². The van der Waals surface area contributed by atoms with E-state index in [4.69, 9.17) is 9.47 Å². The Morgan fingerprint density at radius 1 is 1.15 bits per heavy atom. The number of aromatic nitrogens is 2. The lowest BCUT2D eigenvalue weighted by Gasteiger charge is -2.28. The number of hydrogen-bond donors (Lipinski definition) is 1. The molecule has 1 atom stereocenters. The van der Waals surface area contributed by atoms with Gasteiger partial charge < -0.3 is 19.5 Å². The number of carbonyl (C=O) groups is 2. The van der Waals surface area contributed by atoms with Gasteiger partial charge in [-0.2, -0.15) is 0 Å². The summed E-state index contributed by atoms with van der Waals surface area (Å²) in [4.78, 5) is 30.7. The van der Waals surface area contributed by atoms with Crippen molar-refractivity contribution in [2.45, 2.75) is 25.9 Å². The van der Waals surface area contributed by atoms with Crippen LogP contribution in [-0.4, -0.2) is 41.8 Å². The molecule has 4 rings (SSSR count). The first kappa shape index (κ1) is 23.1. The van der Waals surface area contributed by atoms with Crippen molar-refractivity contribution >= 4 is 17.4 Å². The second-order valence-electron chi connectivity index (χ2n) is 7.89. The lowest BCUT2D eigenvalue weighted by Crippen LogP contribution is -2.36. The minimum Gasteiger partial charge on any atom is -0.872 e. The van der Waals surface area contributed by atoms with Crippen molar-refractivity contribution < 1.29 is 28.7 Å². The topological polar surface area (TPSA) is 98.6 Å². The van der Waals surface area contributed by atoms with Gasteiger partial charge in [0.25, 0.3) is 5.91 Å². The van der Waals surface area contributed by atoms with E-state index < -0.39 is 23.5 Å². The number of H-pyrrole nitrogens is 1. The number of rotatable bonds is 9. The van der Waals surface area contributed by atoms with Crippen LogP contribution in [0.1, 0.15) is 30.5 Å². The maximum absolute atomic E-state index is 13.4. The quantitative estimate of drug-likeness (QED) is 0.228. The van der Waals surface area contributed by atoms with Gasteiger partial charge in [-0.3, -0.25) is 14.6 Å². The molecule has 1 aliphatic rings. The number of nitrogens with one attached hydrogen (secondary N) is 1. The Balaban J connectivity index is 1.76. The van der Waals surface area contributed by atoms with Crippen LogP contribution in [0, 0.1) is 0 Å². The van der Waals surface area contributed by atoms with Crippen LogP contribution < -0.4 is 19.1 Å². The summed E-state index contributed by atoms with van der Waals surface area (Å²) in [6.45, 7) is 3.30. The zero-order valence-electron chi connectivity index (χ0n) is 19.2. The highest BCUT2D eigenvalue weighted by molar-refractivity contribution is 6.46. The maximum atomic E-state index is 13.4. The number of imidazole rings is 1. The van der Waals surface area contributed by atoms with Gasteiger partial charge in [0.15, 0.2) is 11.5 Å². The average Bonchev–Trinajstić information content (AvgIpc) is 3.47. The van der Waals surface area contributed by atoms with Crippen LogP contribution in [0.25, 0.3) is 5.76 Å². The molecule has 0 aliphatic carbocycles. The number of hydrogen-bond acceptors (Lipinski definition) is 5. The predicted octanol–water partition coefficient (Wildman–Crippen LogP) is 2.02. The number of aryl methyl sites for hydroxylation is 1. The van der Waals surface area contributed by atoms with Crippen molar-refractivity contribution in [2.75, 3.05) is 20.3 Å². The summed E-state index contributed by atoms with van der Waals surface area (Å²) in [7, 11) is 1.53. The molecule has 0 bridgehead atoms. The van der Waals surface area contributed by atoms with E-state index >= 15 is 0 Å². The van der Waals surface area contributed by atoms with E-state index in [0.717, 1.165) is 0 Å². The van der Waals surface area contributed by atoms with Gasteiger partial charge >= 0.3 is 0 Å². The second kappa shape index (κ2) is 10.2. The summed E-state index contributed by atoms with van der Waals surface area (Å²) >= 11 is 0. The number of nitrogens with zero attached hydrogens (tertiary/aromatic N) is 2. The number of amides is 1. The van der Waals surface area contributed by atoms with E-state index in [0.29, 0.717) is 48.7 Å². The summed E-state index contributed by atoms with van der Waals surface area (Å²) in [5.74, 6) is -0.854. The van der Waals surface area contributed by atoms with E-state index in [1.54, 1.807) is 48.5 Å². The zero-order chi connectivity index (χ0) is 24.1. The van der Waals surface area contributed by atoms with E-state index in [9.17, 15) is 14.7 Å². The fourth-order valence-corrected chi connectivity index (χ4v) is 4.20. The normalized spacial score (nSPS) is 17.2. The highest BCUT2D eigenvalue weighted by Gasteiger charge is 2.44. The van der Waals surface area contributed by atoms with Gasteiger partial charge in [-0.15, -0.1) is 0 Å². The van der Waals surface area contributed by atoms with Crippen molar-refractivity contribution in [3.8, 4) is 11.5 Å². The van der Waals surface area contributed by atoms with Gasteiger partial charge in [0.05, 0.1) is 26.3 Å². The van der Waals surface area contributed by atoms with Crippen molar-refractivity contribution in [3.63, 3.8) is 0 Å². The van der Waals surface area contributed by atoms with E-state index in [-0.39, 0.29) is 5.57 Å². The summed E-state index contributed by atoms with van der Waals surface area (Å²) in [6, 6.07) is 13.0. The lowest BCUT2D eigenvalue weighted by molar-refractivity contribution is -0.695. The summed E-state index contributed by atoms with van der Waals surface area (Å²) in [5.41, 5.74) is 0.941.